The molecule has 0 aromatic heterocycles. The zero-order valence-corrected chi connectivity index (χ0v) is 47.8. The Hall–Kier alpha value is -3.53. The average molecular weight is 1020 g/mol. The van der Waals surface area contributed by atoms with Crippen LogP contribution in [0.3, 0.4) is 0 Å². The molecule has 2 atom stereocenters. The van der Waals surface area contributed by atoms with Gasteiger partial charge in [-0.1, -0.05) is 227 Å². The van der Waals surface area contributed by atoms with E-state index in [4.69, 9.17) is 18.9 Å². The lowest BCUT2D eigenvalue weighted by Crippen LogP contribution is -2.40. The Labute approximate surface area is 449 Å². The zero-order valence-electron chi connectivity index (χ0n) is 47.8. The van der Waals surface area contributed by atoms with Crippen molar-refractivity contribution in [2.75, 3.05) is 47.5 Å². The fraction of sp³-hybridized carbons (Fsp3) is 0.734. The van der Waals surface area contributed by atoms with E-state index in [1.54, 1.807) is 0 Å². The first kappa shape index (κ1) is 69.5. The molecule has 0 fully saturated rings. The zero-order chi connectivity index (χ0) is 53.4. The summed E-state index contributed by atoms with van der Waals surface area (Å²) in [5, 5.41) is 9.70. The molecule has 0 aromatic rings. The summed E-state index contributed by atoms with van der Waals surface area (Å²) in [7, 11) is 5.95. The number of rotatable bonds is 54. The molecule has 9 heteroatoms. The quantitative estimate of drug-likeness (QED) is 0.0211. The van der Waals surface area contributed by atoms with Crippen molar-refractivity contribution in [3.63, 3.8) is 0 Å². The predicted octanol–water partition coefficient (Wildman–Crippen LogP) is 17.6. The molecule has 0 aromatic carbocycles. The van der Waals surface area contributed by atoms with Gasteiger partial charge in [-0.15, -0.1) is 0 Å². The summed E-state index contributed by atoms with van der Waals surface area (Å²) in [4.78, 5) is 37.4. The second kappa shape index (κ2) is 54.7. The number of allylic oxidation sites excluding steroid dienone is 14. The van der Waals surface area contributed by atoms with Gasteiger partial charge in [0.05, 0.1) is 34.4 Å². The largest absolute Gasteiger partial charge is 0.477 e. The van der Waals surface area contributed by atoms with Crippen LogP contribution < -0.4 is 0 Å². The van der Waals surface area contributed by atoms with Gasteiger partial charge in [0.1, 0.15) is 13.2 Å². The van der Waals surface area contributed by atoms with Gasteiger partial charge in [-0.2, -0.15) is 0 Å². The van der Waals surface area contributed by atoms with Crippen molar-refractivity contribution in [2.45, 2.75) is 257 Å². The van der Waals surface area contributed by atoms with Crippen LogP contribution in [0.5, 0.6) is 0 Å². The average Bonchev–Trinajstić information content (AvgIpc) is 3.36. The minimum atomic E-state index is -1.53. The minimum Gasteiger partial charge on any atom is -0.477 e. The van der Waals surface area contributed by atoms with Crippen LogP contribution in [0, 0.1) is 0 Å². The number of esters is 2. The maximum Gasteiger partial charge on any atom is 0.361 e. The van der Waals surface area contributed by atoms with Gasteiger partial charge < -0.3 is 28.5 Å². The molecule has 0 saturated carbocycles. The Morgan fingerprint density at radius 3 is 1.21 bits per heavy atom. The highest BCUT2D eigenvalue weighted by atomic mass is 16.7. The van der Waals surface area contributed by atoms with Gasteiger partial charge in [0, 0.05) is 12.8 Å². The normalized spacial score (nSPS) is 13.4. The monoisotopic (exact) mass is 1020 g/mol. The molecule has 0 spiro atoms. The molecule has 0 radical (unpaired) electrons. The summed E-state index contributed by atoms with van der Waals surface area (Å²) in [6.45, 7) is 4.72. The maximum atomic E-state index is 12.9. The lowest BCUT2D eigenvalue weighted by Gasteiger charge is -2.25. The van der Waals surface area contributed by atoms with E-state index in [1.807, 2.05) is 21.1 Å². The van der Waals surface area contributed by atoms with Crippen molar-refractivity contribution in [1.82, 2.24) is 0 Å². The van der Waals surface area contributed by atoms with E-state index in [-0.39, 0.29) is 32.2 Å². The topological polar surface area (TPSA) is 108 Å². The molecule has 9 nitrogen and oxygen atoms in total. The summed E-state index contributed by atoms with van der Waals surface area (Å²) < 4.78 is 22.8. The number of likely N-dealkylation sites (N-methyl/N-ethyl adjacent to an activating group) is 1. The highest BCUT2D eigenvalue weighted by molar-refractivity contribution is 5.71. The molecule has 0 aliphatic heterocycles. The second-order valence-corrected chi connectivity index (χ2v) is 20.9. The number of hydrogen-bond acceptors (Lipinski definition) is 7. The summed E-state index contributed by atoms with van der Waals surface area (Å²) in [6, 6.07) is 0. The fourth-order valence-corrected chi connectivity index (χ4v) is 8.07. The number of carbonyl (C=O) groups excluding carboxylic acids is 2. The number of carboxylic acid groups (broad SMARTS) is 1. The van der Waals surface area contributed by atoms with E-state index in [0.29, 0.717) is 23.9 Å². The minimum absolute atomic E-state index is 0.176. The van der Waals surface area contributed by atoms with Crippen LogP contribution in [-0.2, 0) is 33.3 Å². The third-order valence-corrected chi connectivity index (χ3v) is 12.6. The van der Waals surface area contributed by atoms with Crippen LogP contribution in [-0.4, -0.2) is 87.4 Å². The molecule has 0 heterocycles. The van der Waals surface area contributed by atoms with Gasteiger partial charge in [0.2, 0.25) is 0 Å². The second-order valence-electron chi connectivity index (χ2n) is 20.9. The first-order valence-electron chi connectivity index (χ1n) is 29.8. The number of quaternary nitrogens is 1. The SMILES string of the molecule is CC/C=C\C/C=C\C/C=C\C/C=C\C/C=C\C/C=C\CCCCC(=O)OC(COC(=O)CCCCCCCCCCCCCCCCC/C=C\CCCCCCCCCC)COC(OCC[N+](C)(C)C)C(=O)O. The van der Waals surface area contributed by atoms with Crippen molar-refractivity contribution < 1.29 is 42.9 Å². The Morgan fingerprint density at radius 1 is 0.425 bits per heavy atom. The first-order chi connectivity index (χ1) is 35.6. The van der Waals surface area contributed by atoms with Gasteiger partial charge in [-0.25, -0.2) is 4.79 Å². The van der Waals surface area contributed by atoms with Gasteiger partial charge in [0.15, 0.2) is 6.10 Å². The smallest absolute Gasteiger partial charge is 0.361 e. The van der Waals surface area contributed by atoms with E-state index < -0.39 is 24.3 Å². The number of ether oxygens (including phenoxy) is 4. The van der Waals surface area contributed by atoms with Crippen LogP contribution in [0.4, 0.5) is 0 Å². The summed E-state index contributed by atoms with van der Waals surface area (Å²) in [5.41, 5.74) is 0. The summed E-state index contributed by atoms with van der Waals surface area (Å²) >= 11 is 0. The molecule has 1 N–H and O–H groups in total. The lowest BCUT2D eigenvalue weighted by molar-refractivity contribution is -0.870. The van der Waals surface area contributed by atoms with Crippen molar-refractivity contribution in [1.29, 1.82) is 0 Å². The number of unbranched alkanes of at least 4 members (excludes halogenated alkanes) is 25. The van der Waals surface area contributed by atoms with Crippen LogP contribution in [0.2, 0.25) is 0 Å². The summed E-state index contributed by atoms with van der Waals surface area (Å²) in [5.74, 6) is -2.07. The number of nitrogens with zero attached hydrogens (tertiary/aromatic N) is 1. The first-order valence-corrected chi connectivity index (χ1v) is 29.8. The maximum absolute atomic E-state index is 12.9. The lowest BCUT2D eigenvalue weighted by atomic mass is 10.0. The van der Waals surface area contributed by atoms with Crippen molar-refractivity contribution in [3.8, 4) is 0 Å². The molecular formula is C64H112NO8+. The van der Waals surface area contributed by atoms with Gasteiger partial charge in [-0.3, -0.25) is 9.59 Å². The number of carbonyl (C=O) groups is 3. The predicted molar refractivity (Wildman–Crippen MR) is 309 cm³/mol. The molecule has 0 aliphatic rings. The van der Waals surface area contributed by atoms with Crippen LogP contribution >= 0.6 is 0 Å². The Morgan fingerprint density at radius 2 is 0.781 bits per heavy atom. The van der Waals surface area contributed by atoms with Crippen LogP contribution in [0.25, 0.3) is 0 Å². The van der Waals surface area contributed by atoms with Crippen molar-refractivity contribution in [2.24, 2.45) is 0 Å². The van der Waals surface area contributed by atoms with Crippen LogP contribution in [0.15, 0.2) is 85.1 Å². The number of aliphatic carboxylic acids is 1. The molecule has 2 unspecified atom stereocenters. The third kappa shape index (κ3) is 56.0. The molecule has 73 heavy (non-hydrogen) atoms. The molecule has 420 valence electrons. The van der Waals surface area contributed by atoms with Gasteiger partial charge in [0.25, 0.3) is 6.29 Å². The van der Waals surface area contributed by atoms with Crippen LogP contribution in [0.1, 0.15) is 245 Å². The fourth-order valence-electron chi connectivity index (χ4n) is 8.07. The molecular weight excluding hydrogens is 911 g/mol. The molecule has 0 rings (SSSR count). The van der Waals surface area contributed by atoms with E-state index in [1.165, 1.54) is 141 Å². The van der Waals surface area contributed by atoms with Crippen molar-refractivity contribution in [3.05, 3.63) is 85.1 Å². The molecule has 0 amide bonds. The van der Waals surface area contributed by atoms with Crippen molar-refractivity contribution >= 4 is 17.9 Å². The molecule has 0 bridgehead atoms. The van der Waals surface area contributed by atoms with Gasteiger partial charge >= 0.3 is 17.9 Å². The summed E-state index contributed by atoms with van der Waals surface area (Å²) in [6.07, 6.45) is 69.6. The number of carboxylic acids is 1. The Balaban J connectivity index is 4.27. The van der Waals surface area contributed by atoms with E-state index >= 15 is 0 Å². The third-order valence-electron chi connectivity index (χ3n) is 12.6. The molecule has 0 saturated heterocycles. The number of hydrogen-bond donors (Lipinski definition) is 1. The standard InChI is InChI=1S/C64H111NO8/c1-6-8-10-12-14-16-18-20-22-24-26-28-29-30-31-32-33-35-36-38-40-42-44-46-48-50-52-54-61(66)71-58-60(59-72-64(63(68)69)70-57-56-65(3,4)5)73-62(67)55-53-51-49-47-45-43-41-39-37-34-27-25-23-21-19-17-15-13-11-9-7-2/h9,11,15,17,21,23-24,26-27,34,39,41,45,47,60,64H,6-8,10,12-14,16,18-20,22,25,28-33,35-38,40,42-44,46,48-59H2,1-5H3/p+1/b11-9-,17-15-,23-21-,26-24-,34-27-,41-39-,47-45-. The highest BCUT2D eigenvalue weighted by Crippen LogP contribution is 2.16. The Bertz CT molecular complexity index is 1470. The Kier molecular flexibility index (Phi) is 52.1. The van der Waals surface area contributed by atoms with E-state index in [2.05, 4.69) is 98.9 Å². The van der Waals surface area contributed by atoms with E-state index in [9.17, 15) is 19.5 Å². The molecule has 0 aliphatic carbocycles. The van der Waals surface area contributed by atoms with Gasteiger partial charge in [-0.05, 0) is 89.9 Å². The highest BCUT2D eigenvalue weighted by Gasteiger charge is 2.25. The van der Waals surface area contributed by atoms with E-state index in [0.717, 1.165) is 70.6 Å².